The molecule has 0 bridgehead atoms. The fourth-order valence-electron chi connectivity index (χ4n) is 2.77. The minimum Gasteiger partial charge on any atom is -0.478 e. The molecule has 0 spiro atoms. The highest BCUT2D eigenvalue weighted by Crippen LogP contribution is 2.29. The second kappa shape index (κ2) is 6.42. The SMILES string of the molecule is CCC1CCCN(c2ccc(Br)cc2C(=O)O)CC1. The topological polar surface area (TPSA) is 40.5 Å². The molecule has 19 heavy (non-hydrogen) atoms. The van der Waals surface area contributed by atoms with E-state index in [1.54, 1.807) is 6.07 Å². The molecule has 1 aromatic rings. The van der Waals surface area contributed by atoms with Crippen LogP contribution in [-0.2, 0) is 0 Å². The van der Waals surface area contributed by atoms with Gasteiger partial charge in [0.1, 0.15) is 0 Å². The van der Waals surface area contributed by atoms with Crippen LogP contribution >= 0.6 is 15.9 Å². The van der Waals surface area contributed by atoms with Crippen LogP contribution in [0.15, 0.2) is 22.7 Å². The number of aromatic carboxylic acids is 1. The summed E-state index contributed by atoms with van der Waals surface area (Å²) >= 11 is 3.34. The summed E-state index contributed by atoms with van der Waals surface area (Å²) in [5, 5.41) is 9.34. The maximum atomic E-state index is 11.4. The summed E-state index contributed by atoms with van der Waals surface area (Å²) in [5.41, 5.74) is 1.25. The van der Waals surface area contributed by atoms with E-state index in [0.29, 0.717) is 5.56 Å². The Morgan fingerprint density at radius 2 is 2.21 bits per heavy atom. The van der Waals surface area contributed by atoms with Gasteiger partial charge in [0.25, 0.3) is 0 Å². The van der Waals surface area contributed by atoms with Gasteiger partial charge in [-0.15, -0.1) is 0 Å². The summed E-state index contributed by atoms with van der Waals surface area (Å²) in [6.07, 6.45) is 4.78. The van der Waals surface area contributed by atoms with Crippen LogP contribution in [0.4, 0.5) is 5.69 Å². The van der Waals surface area contributed by atoms with Gasteiger partial charge in [0.2, 0.25) is 0 Å². The largest absolute Gasteiger partial charge is 0.478 e. The molecule has 0 saturated carbocycles. The average molecular weight is 326 g/mol. The van der Waals surface area contributed by atoms with Crippen LogP contribution < -0.4 is 4.90 Å². The van der Waals surface area contributed by atoms with E-state index in [1.165, 1.54) is 12.8 Å². The Hall–Kier alpha value is -1.03. The fourth-order valence-corrected chi connectivity index (χ4v) is 3.13. The summed E-state index contributed by atoms with van der Waals surface area (Å²) < 4.78 is 0.815. The second-order valence-electron chi connectivity index (χ2n) is 5.16. The Morgan fingerprint density at radius 1 is 1.42 bits per heavy atom. The summed E-state index contributed by atoms with van der Waals surface area (Å²) in [4.78, 5) is 13.6. The molecule has 3 nitrogen and oxygen atoms in total. The lowest BCUT2D eigenvalue weighted by Gasteiger charge is -2.24. The molecule has 1 fully saturated rings. The van der Waals surface area contributed by atoms with Crippen LogP contribution in [0, 0.1) is 5.92 Å². The number of carbonyl (C=O) groups is 1. The number of anilines is 1. The Morgan fingerprint density at radius 3 is 2.89 bits per heavy atom. The van der Waals surface area contributed by atoms with Crippen molar-refractivity contribution in [1.82, 2.24) is 0 Å². The molecular formula is C15H20BrNO2. The number of hydrogen-bond donors (Lipinski definition) is 1. The fraction of sp³-hybridized carbons (Fsp3) is 0.533. The summed E-state index contributed by atoms with van der Waals surface area (Å²) in [6, 6.07) is 5.53. The van der Waals surface area contributed by atoms with Crippen molar-refractivity contribution >= 4 is 27.6 Å². The highest BCUT2D eigenvalue weighted by molar-refractivity contribution is 9.10. The minimum absolute atomic E-state index is 0.393. The smallest absolute Gasteiger partial charge is 0.337 e. The molecule has 1 aliphatic rings. The van der Waals surface area contributed by atoms with Gasteiger partial charge in [0.15, 0.2) is 0 Å². The van der Waals surface area contributed by atoms with Crippen molar-refractivity contribution in [3.8, 4) is 0 Å². The molecule has 1 aliphatic heterocycles. The van der Waals surface area contributed by atoms with Crippen LogP contribution in [0.25, 0.3) is 0 Å². The van der Waals surface area contributed by atoms with Crippen molar-refractivity contribution < 1.29 is 9.90 Å². The molecule has 1 atom stereocenters. The minimum atomic E-state index is -0.854. The van der Waals surface area contributed by atoms with E-state index in [9.17, 15) is 9.90 Å². The Labute approximate surface area is 122 Å². The molecule has 104 valence electrons. The first kappa shape index (κ1) is 14.4. The molecule has 4 heteroatoms. The first-order chi connectivity index (χ1) is 9.11. The number of benzene rings is 1. The van der Waals surface area contributed by atoms with Crippen molar-refractivity contribution in [1.29, 1.82) is 0 Å². The summed E-state index contributed by atoms with van der Waals surface area (Å²) in [7, 11) is 0. The number of carboxylic acid groups (broad SMARTS) is 1. The molecular weight excluding hydrogens is 306 g/mol. The molecule has 1 saturated heterocycles. The number of hydrogen-bond acceptors (Lipinski definition) is 2. The zero-order valence-electron chi connectivity index (χ0n) is 11.2. The van der Waals surface area contributed by atoms with Gasteiger partial charge in [-0.2, -0.15) is 0 Å². The molecule has 0 radical (unpaired) electrons. The van der Waals surface area contributed by atoms with E-state index in [-0.39, 0.29) is 0 Å². The number of nitrogens with zero attached hydrogens (tertiary/aromatic N) is 1. The zero-order chi connectivity index (χ0) is 13.8. The molecule has 0 aromatic heterocycles. The van der Waals surface area contributed by atoms with E-state index < -0.39 is 5.97 Å². The Bertz CT molecular complexity index is 461. The van der Waals surface area contributed by atoms with Gasteiger partial charge in [-0.05, 0) is 43.4 Å². The van der Waals surface area contributed by atoms with Gasteiger partial charge < -0.3 is 10.0 Å². The molecule has 1 unspecified atom stereocenters. The van der Waals surface area contributed by atoms with E-state index in [1.807, 2.05) is 12.1 Å². The lowest BCUT2D eigenvalue weighted by Crippen LogP contribution is -2.26. The maximum absolute atomic E-state index is 11.4. The molecule has 1 heterocycles. The standard InChI is InChI=1S/C15H20BrNO2/c1-2-11-4-3-8-17(9-7-11)14-6-5-12(16)10-13(14)15(18)19/h5-6,10-11H,2-4,7-9H2,1H3,(H,18,19). The molecule has 0 amide bonds. The van der Waals surface area contributed by atoms with Crippen LogP contribution in [0.3, 0.4) is 0 Å². The van der Waals surface area contributed by atoms with E-state index in [2.05, 4.69) is 27.8 Å². The first-order valence-corrected chi connectivity index (χ1v) is 7.69. The summed E-state index contributed by atoms with van der Waals surface area (Å²) in [5.74, 6) is -0.0682. The second-order valence-corrected chi connectivity index (χ2v) is 6.07. The number of carboxylic acids is 1. The van der Waals surface area contributed by atoms with Crippen molar-refractivity contribution in [2.75, 3.05) is 18.0 Å². The van der Waals surface area contributed by atoms with Crippen molar-refractivity contribution in [3.63, 3.8) is 0 Å². The van der Waals surface area contributed by atoms with Gasteiger partial charge in [0, 0.05) is 17.6 Å². The third-order valence-electron chi connectivity index (χ3n) is 3.95. The Balaban J connectivity index is 2.23. The molecule has 2 rings (SSSR count). The predicted molar refractivity (Wildman–Crippen MR) is 80.9 cm³/mol. The van der Waals surface area contributed by atoms with Crippen molar-refractivity contribution in [2.45, 2.75) is 32.6 Å². The molecule has 1 aromatic carbocycles. The van der Waals surface area contributed by atoms with E-state index in [4.69, 9.17) is 0 Å². The van der Waals surface area contributed by atoms with Crippen LogP contribution in [0.5, 0.6) is 0 Å². The normalized spacial score (nSPS) is 20.1. The van der Waals surface area contributed by atoms with Crippen LogP contribution in [0.1, 0.15) is 43.0 Å². The van der Waals surface area contributed by atoms with Gasteiger partial charge in [-0.1, -0.05) is 29.3 Å². The van der Waals surface area contributed by atoms with Crippen molar-refractivity contribution in [3.05, 3.63) is 28.2 Å². The maximum Gasteiger partial charge on any atom is 0.337 e. The van der Waals surface area contributed by atoms with Gasteiger partial charge in [0.05, 0.1) is 11.3 Å². The third-order valence-corrected chi connectivity index (χ3v) is 4.45. The van der Waals surface area contributed by atoms with Gasteiger partial charge in [-0.25, -0.2) is 4.79 Å². The Kier molecular flexibility index (Phi) is 4.86. The average Bonchev–Trinajstić information content (AvgIpc) is 2.63. The van der Waals surface area contributed by atoms with E-state index in [0.717, 1.165) is 42.0 Å². The van der Waals surface area contributed by atoms with Crippen LogP contribution in [-0.4, -0.2) is 24.2 Å². The quantitative estimate of drug-likeness (QED) is 0.906. The van der Waals surface area contributed by atoms with Gasteiger partial charge >= 0.3 is 5.97 Å². The third kappa shape index (κ3) is 3.50. The highest BCUT2D eigenvalue weighted by Gasteiger charge is 2.20. The monoisotopic (exact) mass is 325 g/mol. The van der Waals surface area contributed by atoms with Crippen LogP contribution in [0.2, 0.25) is 0 Å². The highest BCUT2D eigenvalue weighted by atomic mass is 79.9. The molecule has 0 aliphatic carbocycles. The predicted octanol–water partition coefficient (Wildman–Crippen LogP) is 4.16. The summed E-state index contributed by atoms with van der Waals surface area (Å²) in [6.45, 7) is 4.15. The van der Waals surface area contributed by atoms with Gasteiger partial charge in [-0.3, -0.25) is 0 Å². The molecule has 1 N–H and O–H groups in total. The number of halogens is 1. The van der Waals surface area contributed by atoms with Crippen molar-refractivity contribution in [2.24, 2.45) is 5.92 Å². The lowest BCUT2D eigenvalue weighted by atomic mass is 9.98. The zero-order valence-corrected chi connectivity index (χ0v) is 12.8. The lowest BCUT2D eigenvalue weighted by molar-refractivity contribution is 0.0697. The van der Waals surface area contributed by atoms with E-state index >= 15 is 0 Å². The first-order valence-electron chi connectivity index (χ1n) is 6.89. The number of rotatable bonds is 3.